The Kier molecular flexibility index (Phi) is 26.5. The first-order chi connectivity index (χ1) is 6.27. The van der Waals surface area contributed by atoms with E-state index in [1.165, 1.54) is 6.92 Å². The number of rotatable bonds is 4. The summed E-state index contributed by atoms with van der Waals surface area (Å²) in [5.41, 5.74) is 0. The van der Waals surface area contributed by atoms with Crippen LogP contribution in [0.15, 0.2) is 0 Å². The van der Waals surface area contributed by atoms with E-state index < -0.39 is 24.0 Å². The van der Waals surface area contributed by atoms with Gasteiger partial charge in [-0.05, 0) is 6.92 Å². The van der Waals surface area contributed by atoms with Gasteiger partial charge in [-0.15, -0.1) is 0 Å². The summed E-state index contributed by atoms with van der Waals surface area (Å²) < 4.78 is 0. The molecule has 0 aromatic carbocycles. The summed E-state index contributed by atoms with van der Waals surface area (Å²) in [7, 11) is 0. The van der Waals surface area contributed by atoms with E-state index in [4.69, 9.17) is 20.4 Å². The number of carbonyl (C=O) groups is 3. The van der Waals surface area contributed by atoms with Crippen LogP contribution in [0.4, 0.5) is 0 Å². The van der Waals surface area contributed by atoms with E-state index in [0.717, 1.165) is 0 Å². The van der Waals surface area contributed by atoms with Crippen LogP contribution in [0.3, 0.4) is 0 Å². The Morgan fingerprint density at radius 3 is 1.19 bits per heavy atom. The molecule has 0 aromatic rings. The zero-order chi connectivity index (χ0) is 11.7. The topological polar surface area (TPSA) is 132 Å². The van der Waals surface area contributed by atoms with Crippen LogP contribution in [-0.2, 0) is 14.4 Å². The standard InChI is InChI=1S/C4H6O4.C3H6O3.2Sr.4H/c5-3(6)1-2-4(7)8;1-2(4)3(5)6;;;;;;/h1-2H2,(H,5,6)(H,7,8);2,4H,1H3,(H,5,6);;;;;;. The summed E-state index contributed by atoms with van der Waals surface area (Å²) in [4.78, 5) is 28.7. The van der Waals surface area contributed by atoms with E-state index in [0.29, 0.717) is 0 Å². The van der Waals surface area contributed by atoms with E-state index in [1.807, 2.05) is 0 Å². The van der Waals surface area contributed by atoms with Gasteiger partial charge < -0.3 is 20.4 Å². The van der Waals surface area contributed by atoms with Crippen LogP contribution in [0.25, 0.3) is 0 Å². The zero-order valence-electron chi connectivity index (χ0n) is 7.51. The molecular weight excluding hydrogens is 371 g/mol. The van der Waals surface area contributed by atoms with Gasteiger partial charge in [-0.3, -0.25) is 9.59 Å². The van der Waals surface area contributed by atoms with Gasteiger partial charge in [0.1, 0.15) is 6.10 Å². The average molecular weight is 387 g/mol. The molecule has 0 spiro atoms. The van der Waals surface area contributed by atoms with E-state index in [9.17, 15) is 14.4 Å². The Morgan fingerprint density at radius 1 is 0.938 bits per heavy atom. The maximum atomic E-state index is 9.64. The molecule has 0 aromatic heterocycles. The molecule has 16 heavy (non-hydrogen) atoms. The second-order valence-corrected chi connectivity index (χ2v) is 2.30. The van der Waals surface area contributed by atoms with Gasteiger partial charge >= 0.3 is 109 Å². The molecule has 90 valence electrons. The summed E-state index contributed by atoms with van der Waals surface area (Å²) in [5.74, 6) is -3.34. The molecule has 0 saturated heterocycles. The molecule has 4 N–H and O–H groups in total. The second kappa shape index (κ2) is 16.3. The summed E-state index contributed by atoms with van der Waals surface area (Å²) in [6.07, 6.45) is -1.82. The zero-order valence-corrected chi connectivity index (χ0v) is 7.51. The van der Waals surface area contributed by atoms with Gasteiger partial charge in [0, 0.05) is 0 Å². The van der Waals surface area contributed by atoms with Gasteiger partial charge in [0.25, 0.3) is 0 Å². The normalized spacial score (nSPS) is 9.38. The fraction of sp³-hybridized carbons (Fsp3) is 0.571. The third-order valence-electron chi connectivity index (χ3n) is 0.910. The quantitative estimate of drug-likeness (QED) is 0.394. The summed E-state index contributed by atoms with van der Waals surface area (Å²) in [6, 6.07) is 0. The van der Waals surface area contributed by atoms with Crippen LogP contribution in [-0.4, -0.2) is 135 Å². The van der Waals surface area contributed by atoms with Crippen molar-refractivity contribution in [3.05, 3.63) is 0 Å². The molecule has 0 radical (unpaired) electrons. The van der Waals surface area contributed by atoms with Gasteiger partial charge in [0.05, 0.1) is 12.8 Å². The first kappa shape index (κ1) is 26.0. The number of carboxylic acids is 3. The fourth-order valence-corrected chi connectivity index (χ4v) is 0.214. The molecule has 7 nitrogen and oxygen atoms in total. The third-order valence-corrected chi connectivity index (χ3v) is 0.910. The van der Waals surface area contributed by atoms with Crippen molar-refractivity contribution in [2.75, 3.05) is 0 Å². The maximum absolute atomic E-state index is 9.64. The molecule has 1 atom stereocenters. The van der Waals surface area contributed by atoms with Crippen molar-refractivity contribution in [2.45, 2.75) is 25.9 Å². The number of aliphatic hydroxyl groups is 1. The molecular formula is C7H16O7Sr2. The Labute approximate surface area is 166 Å². The number of hydrogen-bond donors (Lipinski definition) is 4. The monoisotopic (exact) mass is 388 g/mol. The van der Waals surface area contributed by atoms with Crippen molar-refractivity contribution in [1.82, 2.24) is 0 Å². The van der Waals surface area contributed by atoms with Crippen molar-refractivity contribution >= 4 is 109 Å². The van der Waals surface area contributed by atoms with E-state index in [2.05, 4.69) is 0 Å². The minimum absolute atomic E-state index is 0. The van der Waals surface area contributed by atoms with Crippen molar-refractivity contribution in [2.24, 2.45) is 0 Å². The van der Waals surface area contributed by atoms with Gasteiger partial charge in [0.2, 0.25) is 0 Å². The third kappa shape index (κ3) is 29.5. The average Bonchev–Trinajstić information content (AvgIpc) is 2.01. The van der Waals surface area contributed by atoms with Gasteiger partial charge in [-0.2, -0.15) is 0 Å². The van der Waals surface area contributed by atoms with Crippen molar-refractivity contribution in [3.63, 3.8) is 0 Å². The molecule has 0 fully saturated rings. The number of aliphatic carboxylic acids is 3. The molecule has 0 saturated carbocycles. The second-order valence-electron chi connectivity index (χ2n) is 2.30. The van der Waals surface area contributed by atoms with Crippen LogP contribution in [0.1, 0.15) is 19.8 Å². The van der Waals surface area contributed by atoms with Crippen molar-refractivity contribution < 1.29 is 34.8 Å². The van der Waals surface area contributed by atoms with Crippen LogP contribution in [0, 0.1) is 0 Å². The van der Waals surface area contributed by atoms with Gasteiger partial charge in [-0.1, -0.05) is 0 Å². The Bertz CT molecular complexity index is 203. The summed E-state index contributed by atoms with van der Waals surface area (Å²) in [6.45, 7) is 1.20. The van der Waals surface area contributed by atoms with E-state index in [1.54, 1.807) is 0 Å². The predicted molar refractivity (Wildman–Crippen MR) is 60.9 cm³/mol. The number of carboxylic acid groups (broad SMARTS) is 3. The van der Waals surface area contributed by atoms with Crippen molar-refractivity contribution in [3.8, 4) is 0 Å². The molecule has 0 aliphatic heterocycles. The summed E-state index contributed by atoms with van der Waals surface area (Å²) in [5, 5.41) is 31.6. The molecule has 0 aliphatic carbocycles. The van der Waals surface area contributed by atoms with Crippen LogP contribution in [0.2, 0.25) is 0 Å². The molecule has 9 heteroatoms. The van der Waals surface area contributed by atoms with Crippen LogP contribution < -0.4 is 0 Å². The molecule has 0 amide bonds. The Hall–Kier alpha value is 1.33. The van der Waals surface area contributed by atoms with Crippen LogP contribution in [0.5, 0.6) is 0 Å². The van der Waals surface area contributed by atoms with Crippen LogP contribution >= 0.6 is 0 Å². The molecule has 0 bridgehead atoms. The number of hydrogen-bond acceptors (Lipinski definition) is 4. The van der Waals surface area contributed by atoms with E-state index in [-0.39, 0.29) is 104 Å². The van der Waals surface area contributed by atoms with Gasteiger partial charge in [-0.25, -0.2) is 4.79 Å². The SMILES string of the molecule is CC(O)C(=O)O.O=C(O)CCC(=O)O.[SrH2].[SrH2]. The Balaban J connectivity index is -0.0000000825. The summed E-state index contributed by atoms with van der Waals surface area (Å²) >= 11 is 0. The molecule has 0 rings (SSSR count). The van der Waals surface area contributed by atoms with Crippen molar-refractivity contribution in [1.29, 1.82) is 0 Å². The van der Waals surface area contributed by atoms with E-state index >= 15 is 0 Å². The molecule has 1 unspecified atom stereocenters. The first-order valence-electron chi connectivity index (χ1n) is 3.61. The predicted octanol–water partition coefficient (Wildman–Crippen LogP) is -2.44. The molecule has 0 aliphatic rings. The first-order valence-corrected chi connectivity index (χ1v) is 3.61. The fourth-order valence-electron chi connectivity index (χ4n) is 0.214. The number of aliphatic hydroxyl groups excluding tert-OH is 1. The van der Waals surface area contributed by atoms with Gasteiger partial charge in [0.15, 0.2) is 0 Å². The minimum atomic E-state index is -1.23. The molecule has 0 heterocycles. The Morgan fingerprint density at radius 2 is 1.12 bits per heavy atom.